The van der Waals surface area contributed by atoms with Gasteiger partial charge in [0.15, 0.2) is 11.4 Å². The Bertz CT molecular complexity index is 1370. The van der Waals surface area contributed by atoms with Crippen molar-refractivity contribution in [2.24, 2.45) is 17.6 Å². The third kappa shape index (κ3) is 3.90. The SMILES string of the molecule is CCC(Br)C(=O)Nc1ccc2c(c1O)C(O)=C1C(=O)C3(O)C(O)=C(C(N)=O)C(=O)[C@@H](N(C)C)C3C(O)C1C2C. The second-order valence-electron chi connectivity index (χ2n) is 10.3. The number of nitrogens with two attached hydrogens (primary N) is 1. The lowest BCUT2D eigenvalue weighted by atomic mass is 9.54. The van der Waals surface area contributed by atoms with E-state index in [1.54, 1.807) is 13.8 Å². The fourth-order valence-corrected chi connectivity index (χ4v) is 6.23. The number of Topliss-reactive ketones (excluding diaryl/α,β-unsaturated/α-hetero) is 2. The van der Waals surface area contributed by atoms with Gasteiger partial charge < -0.3 is 36.6 Å². The van der Waals surface area contributed by atoms with Crippen molar-refractivity contribution in [3.05, 3.63) is 40.2 Å². The number of fused-ring (bicyclic) bond motifs is 3. The Hall–Kier alpha value is -3.26. The van der Waals surface area contributed by atoms with E-state index in [9.17, 15) is 44.7 Å². The number of amides is 2. The molecule has 7 atom stereocenters. The highest BCUT2D eigenvalue weighted by Gasteiger charge is 2.68. The van der Waals surface area contributed by atoms with E-state index in [1.807, 2.05) is 0 Å². The molecule has 3 aliphatic rings. The Morgan fingerprint density at radius 2 is 1.82 bits per heavy atom. The van der Waals surface area contributed by atoms with Crippen LogP contribution in [0.1, 0.15) is 37.3 Å². The maximum absolute atomic E-state index is 14.0. The van der Waals surface area contributed by atoms with Gasteiger partial charge in [0, 0.05) is 11.5 Å². The van der Waals surface area contributed by atoms with E-state index >= 15 is 0 Å². The number of ketones is 2. The van der Waals surface area contributed by atoms with E-state index in [4.69, 9.17) is 5.73 Å². The summed E-state index contributed by atoms with van der Waals surface area (Å²) >= 11 is 3.22. The van der Waals surface area contributed by atoms with Gasteiger partial charge in [0.1, 0.15) is 22.8 Å². The van der Waals surface area contributed by atoms with Crippen molar-refractivity contribution in [3.63, 3.8) is 0 Å². The molecule has 6 unspecified atom stereocenters. The van der Waals surface area contributed by atoms with Crippen LogP contribution in [0.4, 0.5) is 5.69 Å². The first-order valence-corrected chi connectivity index (χ1v) is 13.2. The Balaban J connectivity index is 1.97. The maximum atomic E-state index is 14.0. The molecule has 1 saturated carbocycles. The number of nitrogens with zero attached hydrogens (tertiary/aromatic N) is 1. The van der Waals surface area contributed by atoms with Gasteiger partial charge in [-0.2, -0.15) is 0 Å². The lowest BCUT2D eigenvalue weighted by molar-refractivity contribution is -0.169. The molecule has 0 radical (unpaired) electrons. The molecular formula is C26H30BrN3O9. The minimum Gasteiger partial charge on any atom is -0.508 e. The third-order valence-electron chi connectivity index (χ3n) is 8.03. The highest BCUT2D eigenvalue weighted by atomic mass is 79.9. The molecule has 4 rings (SSSR count). The fourth-order valence-electron chi connectivity index (χ4n) is 6.11. The number of benzene rings is 1. The van der Waals surface area contributed by atoms with E-state index in [0.717, 1.165) is 0 Å². The van der Waals surface area contributed by atoms with Gasteiger partial charge in [-0.1, -0.05) is 35.8 Å². The second kappa shape index (κ2) is 9.73. The normalized spacial score (nSPS) is 31.0. The number of halogens is 1. The number of aliphatic hydroxyl groups is 4. The van der Waals surface area contributed by atoms with Gasteiger partial charge in [-0.05, 0) is 38.1 Å². The first kappa shape index (κ1) is 28.7. The predicted octanol–water partition coefficient (Wildman–Crippen LogP) is 0.608. The minimum absolute atomic E-state index is 0.0514. The number of primary amides is 1. The predicted molar refractivity (Wildman–Crippen MR) is 142 cm³/mol. The second-order valence-corrected chi connectivity index (χ2v) is 11.4. The minimum atomic E-state index is -2.99. The monoisotopic (exact) mass is 607 g/mol. The van der Waals surface area contributed by atoms with Gasteiger partial charge in [0.05, 0.1) is 34.1 Å². The lowest BCUT2D eigenvalue weighted by Gasteiger charge is -2.53. The van der Waals surface area contributed by atoms with E-state index in [0.29, 0.717) is 12.0 Å². The van der Waals surface area contributed by atoms with Gasteiger partial charge in [-0.3, -0.25) is 24.1 Å². The summed E-state index contributed by atoms with van der Waals surface area (Å²) in [5.41, 5.74) is 0.912. The van der Waals surface area contributed by atoms with Crippen LogP contribution in [-0.4, -0.2) is 90.5 Å². The smallest absolute Gasteiger partial charge is 0.255 e. The van der Waals surface area contributed by atoms with Crippen molar-refractivity contribution in [1.29, 1.82) is 0 Å². The molecule has 0 bridgehead atoms. The van der Waals surface area contributed by atoms with Crippen LogP contribution in [0.25, 0.3) is 5.76 Å². The summed E-state index contributed by atoms with van der Waals surface area (Å²) < 4.78 is 0. The molecule has 0 saturated heterocycles. The number of hydrogen-bond acceptors (Lipinski definition) is 10. The lowest BCUT2D eigenvalue weighted by Crippen LogP contribution is -2.70. The zero-order chi connectivity index (χ0) is 29.3. The number of aliphatic hydroxyl groups excluding tert-OH is 3. The number of nitrogens with one attached hydrogen (secondary N) is 1. The van der Waals surface area contributed by atoms with Crippen LogP contribution in [0, 0.1) is 11.8 Å². The molecule has 0 spiro atoms. The van der Waals surface area contributed by atoms with Gasteiger partial charge in [0.2, 0.25) is 11.7 Å². The first-order chi connectivity index (χ1) is 18.1. The number of carbonyl (C=O) groups excluding carboxylic acids is 4. The number of phenols is 1. The molecule has 1 aromatic rings. The molecule has 1 aromatic carbocycles. The Morgan fingerprint density at radius 3 is 2.36 bits per heavy atom. The largest absolute Gasteiger partial charge is 0.508 e. The van der Waals surface area contributed by atoms with Crippen LogP contribution >= 0.6 is 15.9 Å². The molecule has 0 aliphatic heterocycles. The van der Waals surface area contributed by atoms with Gasteiger partial charge in [-0.25, -0.2) is 0 Å². The van der Waals surface area contributed by atoms with E-state index < -0.39 is 92.1 Å². The number of likely N-dealkylation sites (N-methyl/N-ethyl adjacent to an activating group) is 1. The highest BCUT2D eigenvalue weighted by Crippen LogP contribution is 2.56. The standard InChI is InChI=1S/C26H30BrN3O9/c1-5-10(27)25(38)29-11-7-6-9-8(2)12-14(19(32)13(9)18(11)31)22(35)26(39)16(20(12)33)17(30(3)4)21(34)15(23(26)36)24(28)37/h6-8,10,12,16-17,20,31-33,36,39H,5H2,1-4H3,(H2,28,37)(H,29,38)/t8?,10?,12?,16?,17-,20?,26?/m0/s1. The summed E-state index contributed by atoms with van der Waals surface area (Å²) in [6.07, 6.45) is -1.22. The summed E-state index contributed by atoms with van der Waals surface area (Å²) in [6.45, 7) is 3.40. The molecule has 0 heterocycles. The zero-order valence-corrected chi connectivity index (χ0v) is 23.2. The molecule has 3 aliphatic carbocycles. The van der Waals surface area contributed by atoms with Crippen molar-refractivity contribution in [2.45, 2.75) is 48.8 Å². The van der Waals surface area contributed by atoms with Crippen molar-refractivity contribution in [3.8, 4) is 5.75 Å². The summed E-state index contributed by atoms with van der Waals surface area (Å²) in [5.74, 6) is -10.2. The van der Waals surface area contributed by atoms with Crippen molar-refractivity contribution in [2.75, 3.05) is 19.4 Å². The van der Waals surface area contributed by atoms with Crippen LogP contribution in [-0.2, 0) is 19.2 Å². The molecule has 13 heteroatoms. The number of hydrogen-bond donors (Lipinski definition) is 7. The number of rotatable bonds is 5. The van der Waals surface area contributed by atoms with Crippen molar-refractivity contribution < 1.29 is 44.7 Å². The average molecular weight is 608 g/mol. The molecule has 8 N–H and O–H groups in total. The molecule has 12 nitrogen and oxygen atoms in total. The van der Waals surface area contributed by atoms with Crippen molar-refractivity contribution >= 4 is 50.8 Å². The number of alkyl halides is 1. The van der Waals surface area contributed by atoms with E-state index in [-0.39, 0.29) is 11.3 Å². The molecule has 1 fully saturated rings. The quantitative estimate of drug-likeness (QED) is 0.141. The van der Waals surface area contributed by atoms with E-state index in [2.05, 4.69) is 21.2 Å². The molecular weight excluding hydrogens is 578 g/mol. The number of anilines is 1. The highest BCUT2D eigenvalue weighted by molar-refractivity contribution is 9.10. The third-order valence-corrected chi connectivity index (χ3v) is 9.09. The molecule has 39 heavy (non-hydrogen) atoms. The summed E-state index contributed by atoms with van der Waals surface area (Å²) in [5, 5.41) is 59.1. The number of phenolic OH excluding ortho intramolecular Hbond substituents is 1. The summed E-state index contributed by atoms with van der Waals surface area (Å²) in [6, 6.07) is 1.52. The zero-order valence-electron chi connectivity index (χ0n) is 21.6. The summed E-state index contributed by atoms with van der Waals surface area (Å²) in [7, 11) is 2.88. The topological polar surface area (TPSA) is 211 Å². The Labute approximate surface area is 231 Å². The average Bonchev–Trinajstić information content (AvgIpc) is 2.86. The van der Waals surface area contributed by atoms with Crippen LogP contribution in [0.5, 0.6) is 5.75 Å². The number of aromatic hydroxyl groups is 1. The van der Waals surface area contributed by atoms with Crippen LogP contribution in [0.2, 0.25) is 0 Å². The maximum Gasteiger partial charge on any atom is 0.255 e. The van der Waals surface area contributed by atoms with Gasteiger partial charge in [-0.15, -0.1) is 0 Å². The first-order valence-electron chi connectivity index (χ1n) is 12.3. The molecule has 2 amide bonds. The van der Waals surface area contributed by atoms with Crippen LogP contribution < -0.4 is 11.1 Å². The fraction of sp³-hybridized carbons (Fsp3) is 0.462. The van der Waals surface area contributed by atoms with Crippen molar-refractivity contribution in [1.82, 2.24) is 4.90 Å². The Kier molecular flexibility index (Phi) is 7.17. The van der Waals surface area contributed by atoms with E-state index in [1.165, 1.54) is 31.1 Å². The van der Waals surface area contributed by atoms with Crippen LogP contribution in [0.15, 0.2) is 29.0 Å². The summed E-state index contributed by atoms with van der Waals surface area (Å²) in [4.78, 5) is 52.4. The molecule has 210 valence electrons. The Morgan fingerprint density at radius 1 is 1.21 bits per heavy atom. The van der Waals surface area contributed by atoms with Gasteiger partial charge in [0.25, 0.3) is 5.91 Å². The number of carbonyl (C=O) groups is 4. The molecule has 0 aromatic heterocycles. The van der Waals surface area contributed by atoms with Gasteiger partial charge >= 0.3 is 0 Å². The van der Waals surface area contributed by atoms with Crippen LogP contribution in [0.3, 0.4) is 0 Å².